The van der Waals surface area contributed by atoms with Crippen LogP contribution in [0.4, 0.5) is 0 Å². The van der Waals surface area contributed by atoms with Crippen LogP contribution in [0.2, 0.25) is 0 Å². The van der Waals surface area contributed by atoms with Crippen molar-refractivity contribution in [2.75, 3.05) is 20.1 Å². The summed E-state index contributed by atoms with van der Waals surface area (Å²) in [5.41, 5.74) is 0.314. The molecule has 0 saturated carbocycles. The summed E-state index contributed by atoms with van der Waals surface area (Å²) in [6.45, 7) is 14.0. The first-order valence-electron chi connectivity index (χ1n) is 5.31. The molecular formula is C11H24N2. The third-order valence-corrected chi connectivity index (χ3v) is 3.44. The van der Waals surface area contributed by atoms with Gasteiger partial charge in [-0.25, -0.2) is 0 Å². The van der Waals surface area contributed by atoms with E-state index in [0.29, 0.717) is 17.6 Å². The molecule has 1 fully saturated rings. The number of piperazine rings is 1. The van der Waals surface area contributed by atoms with Crippen LogP contribution in [0.25, 0.3) is 0 Å². The first-order chi connectivity index (χ1) is 5.84. The third kappa shape index (κ3) is 2.23. The number of hydrogen-bond acceptors (Lipinski definition) is 2. The Labute approximate surface area is 82.9 Å². The van der Waals surface area contributed by atoms with Crippen LogP contribution < -0.4 is 0 Å². The van der Waals surface area contributed by atoms with E-state index < -0.39 is 0 Å². The van der Waals surface area contributed by atoms with E-state index in [9.17, 15) is 0 Å². The van der Waals surface area contributed by atoms with Crippen LogP contribution in [-0.2, 0) is 0 Å². The second-order valence-electron chi connectivity index (χ2n) is 5.33. The summed E-state index contributed by atoms with van der Waals surface area (Å²) in [7, 11) is 2.22. The molecule has 0 aromatic carbocycles. The van der Waals surface area contributed by atoms with Gasteiger partial charge in [-0.15, -0.1) is 0 Å². The van der Waals surface area contributed by atoms with Crippen molar-refractivity contribution < 1.29 is 0 Å². The zero-order chi connectivity index (χ0) is 10.2. The van der Waals surface area contributed by atoms with Crippen LogP contribution in [0, 0.1) is 0 Å². The standard InChI is InChI=1S/C11H24N2/c1-9-10(2)13(11(3,4)5)8-7-12(9)6/h9-10H,7-8H2,1-6H3/t9-,10+/m1/s1. The Morgan fingerprint density at radius 3 is 2.00 bits per heavy atom. The lowest BCUT2D eigenvalue weighted by atomic mass is 9.97. The van der Waals surface area contributed by atoms with Crippen molar-refractivity contribution in [1.82, 2.24) is 9.80 Å². The summed E-state index contributed by atoms with van der Waals surface area (Å²) in [5.74, 6) is 0. The Morgan fingerprint density at radius 2 is 1.54 bits per heavy atom. The normalized spacial score (nSPS) is 33.7. The zero-order valence-electron chi connectivity index (χ0n) is 9.96. The fourth-order valence-electron chi connectivity index (χ4n) is 2.25. The van der Waals surface area contributed by atoms with Gasteiger partial charge in [-0.3, -0.25) is 4.90 Å². The predicted octanol–water partition coefficient (Wildman–Crippen LogP) is 1.81. The molecule has 78 valence electrons. The van der Waals surface area contributed by atoms with Crippen molar-refractivity contribution >= 4 is 0 Å². The topological polar surface area (TPSA) is 6.48 Å². The molecule has 13 heavy (non-hydrogen) atoms. The summed E-state index contributed by atoms with van der Waals surface area (Å²) >= 11 is 0. The number of hydrogen-bond donors (Lipinski definition) is 0. The molecule has 0 radical (unpaired) electrons. The highest BCUT2D eigenvalue weighted by Gasteiger charge is 2.34. The maximum Gasteiger partial charge on any atom is 0.0226 e. The average Bonchev–Trinajstić information content (AvgIpc) is 1.98. The average molecular weight is 184 g/mol. The number of rotatable bonds is 0. The molecule has 1 saturated heterocycles. The molecule has 0 aliphatic carbocycles. The smallest absolute Gasteiger partial charge is 0.0226 e. The molecule has 1 heterocycles. The maximum atomic E-state index is 2.61. The molecule has 0 bridgehead atoms. The van der Waals surface area contributed by atoms with Gasteiger partial charge < -0.3 is 4.90 Å². The molecule has 0 unspecified atom stereocenters. The molecule has 2 heteroatoms. The summed E-state index contributed by atoms with van der Waals surface area (Å²) < 4.78 is 0. The van der Waals surface area contributed by atoms with Crippen LogP contribution in [0.5, 0.6) is 0 Å². The van der Waals surface area contributed by atoms with Crippen LogP contribution in [0.1, 0.15) is 34.6 Å². The summed E-state index contributed by atoms with van der Waals surface area (Å²) in [5, 5.41) is 0. The number of nitrogens with zero attached hydrogens (tertiary/aromatic N) is 2. The lowest BCUT2D eigenvalue weighted by Gasteiger charge is -2.49. The molecule has 2 nitrogen and oxygen atoms in total. The maximum absolute atomic E-state index is 2.61. The molecule has 0 spiro atoms. The quantitative estimate of drug-likeness (QED) is 0.566. The highest BCUT2D eigenvalue weighted by molar-refractivity contribution is 4.90. The number of likely N-dealkylation sites (N-methyl/N-ethyl adjacent to an activating group) is 1. The highest BCUT2D eigenvalue weighted by atomic mass is 15.3. The molecule has 0 aromatic rings. The molecule has 0 aromatic heterocycles. The lowest BCUT2D eigenvalue weighted by Crippen LogP contribution is -2.61. The van der Waals surface area contributed by atoms with Crippen molar-refractivity contribution in [3.8, 4) is 0 Å². The summed E-state index contributed by atoms with van der Waals surface area (Å²) in [6, 6.07) is 1.34. The Morgan fingerprint density at radius 1 is 1.00 bits per heavy atom. The molecule has 0 amide bonds. The van der Waals surface area contributed by atoms with E-state index in [-0.39, 0.29) is 0 Å². The second-order valence-corrected chi connectivity index (χ2v) is 5.33. The molecule has 1 aliphatic heterocycles. The Hall–Kier alpha value is -0.0800. The molecule has 1 rings (SSSR count). The molecule has 0 N–H and O–H groups in total. The van der Waals surface area contributed by atoms with Crippen molar-refractivity contribution in [2.24, 2.45) is 0 Å². The zero-order valence-corrected chi connectivity index (χ0v) is 9.96. The fourth-order valence-corrected chi connectivity index (χ4v) is 2.25. The highest BCUT2D eigenvalue weighted by Crippen LogP contribution is 2.23. The monoisotopic (exact) mass is 184 g/mol. The summed E-state index contributed by atoms with van der Waals surface area (Å²) in [4.78, 5) is 5.06. The van der Waals surface area contributed by atoms with Gasteiger partial charge in [0.2, 0.25) is 0 Å². The van der Waals surface area contributed by atoms with Crippen molar-refractivity contribution in [1.29, 1.82) is 0 Å². The van der Waals surface area contributed by atoms with Gasteiger partial charge in [0.1, 0.15) is 0 Å². The van der Waals surface area contributed by atoms with Crippen molar-refractivity contribution in [2.45, 2.75) is 52.2 Å². The van der Waals surface area contributed by atoms with Crippen LogP contribution in [0.3, 0.4) is 0 Å². The minimum absolute atomic E-state index is 0.314. The minimum Gasteiger partial charge on any atom is -0.301 e. The van der Waals surface area contributed by atoms with E-state index in [1.165, 1.54) is 13.1 Å². The summed E-state index contributed by atoms with van der Waals surface area (Å²) in [6.07, 6.45) is 0. The van der Waals surface area contributed by atoms with Gasteiger partial charge in [0.05, 0.1) is 0 Å². The second kappa shape index (κ2) is 3.58. The predicted molar refractivity (Wildman–Crippen MR) is 58.0 cm³/mol. The fraction of sp³-hybridized carbons (Fsp3) is 1.00. The first kappa shape index (κ1) is 11.0. The third-order valence-electron chi connectivity index (χ3n) is 3.44. The van der Waals surface area contributed by atoms with Crippen LogP contribution in [-0.4, -0.2) is 47.6 Å². The van der Waals surface area contributed by atoms with E-state index in [2.05, 4.69) is 51.5 Å². The van der Waals surface area contributed by atoms with E-state index in [0.717, 1.165) is 0 Å². The van der Waals surface area contributed by atoms with Crippen molar-refractivity contribution in [3.05, 3.63) is 0 Å². The molecule has 2 atom stereocenters. The minimum atomic E-state index is 0.314. The molecule has 1 aliphatic rings. The first-order valence-corrected chi connectivity index (χ1v) is 5.31. The van der Waals surface area contributed by atoms with E-state index in [1.54, 1.807) is 0 Å². The van der Waals surface area contributed by atoms with Gasteiger partial charge in [-0.2, -0.15) is 0 Å². The van der Waals surface area contributed by atoms with Crippen molar-refractivity contribution in [3.63, 3.8) is 0 Å². The van der Waals surface area contributed by atoms with Gasteiger partial charge in [0.15, 0.2) is 0 Å². The van der Waals surface area contributed by atoms with E-state index >= 15 is 0 Å². The van der Waals surface area contributed by atoms with Gasteiger partial charge in [0.25, 0.3) is 0 Å². The largest absolute Gasteiger partial charge is 0.301 e. The van der Waals surface area contributed by atoms with Crippen LogP contribution in [0.15, 0.2) is 0 Å². The SMILES string of the molecule is C[C@@H]1[C@H](C)N(C(C)(C)C)CCN1C. The Bertz CT molecular complexity index is 171. The van der Waals surface area contributed by atoms with Crippen LogP contribution >= 0.6 is 0 Å². The Kier molecular flexibility index (Phi) is 3.03. The lowest BCUT2D eigenvalue weighted by molar-refractivity contribution is -0.00568. The Balaban J connectivity index is 2.70. The molecular weight excluding hydrogens is 160 g/mol. The van der Waals surface area contributed by atoms with Gasteiger partial charge in [-0.05, 0) is 41.7 Å². The van der Waals surface area contributed by atoms with E-state index in [1.807, 2.05) is 0 Å². The van der Waals surface area contributed by atoms with E-state index in [4.69, 9.17) is 0 Å². The van der Waals surface area contributed by atoms with Gasteiger partial charge >= 0.3 is 0 Å². The van der Waals surface area contributed by atoms with Gasteiger partial charge in [-0.1, -0.05) is 0 Å². The van der Waals surface area contributed by atoms with Gasteiger partial charge in [0, 0.05) is 30.7 Å².